The molecule has 1 aliphatic heterocycles. The van der Waals surface area contributed by atoms with Crippen LogP contribution in [0, 0.1) is 5.92 Å². The highest BCUT2D eigenvalue weighted by Gasteiger charge is 2.35. The summed E-state index contributed by atoms with van der Waals surface area (Å²) in [7, 11) is 0. The van der Waals surface area contributed by atoms with Crippen molar-refractivity contribution in [3.63, 3.8) is 0 Å². The van der Waals surface area contributed by atoms with E-state index in [4.69, 9.17) is 9.47 Å². The van der Waals surface area contributed by atoms with Gasteiger partial charge in [0.15, 0.2) is 0 Å². The van der Waals surface area contributed by atoms with Crippen LogP contribution in [0.4, 0.5) is 5.69 Å². The van der Waals surface area contributed by atoms with E-state index in [-0.39, 0.29) is 37.3 Å². The van der Waals surface area contributed by atoms with Crippen LogP contribution in [0.1, 0.15) is 25.8 Å². The number of anilines is 1. The molecular formula is C26H33N3O5. The number of nitrogens with one attached hydrogen (secondary N) is 2. The zero-order chi connectivity index (χ0) is 24.3. The number of hydrogen-bond donors (Lipinski definition) is 2. The lowest BCUT2D eigenvalue weighted by Crippen LogP contribution is -2.58. The summed E-state index contributed by atoms with van der Waals surface area (Å²) >= 11 is 0. The van der Waals surface area contributed by atoms with Gasteiger partial charge in [-0.3, -0.25) is 14.4 Å². The maximum absolute atomic E-state index is 12.8. The third-order valence-electron chi connectivity index (χ3n) is 5.39. The van der Waals surface area contributed by atoms with Crippen LogP contribution in [0.5, 0.6) is 5.75 Å². The molecule has 2 N–H and O–H groups in total. The minimum atomic E-state index is -0.858. The maximum Gasteiger partial charge on any atom is 0.308 e. The van der Waals surface area contributed by atoms with Crippen molar-refractivity contribution in [1.29, 1.82) is 0 Å². The second-order valence-corrected chi connectivity index (χ2v) is 8.64. The maximum atomic E-state index is 12.8. The molecule has 0 bridgehead atoms. The Kier molecular flexibility index (Phi) is 9.31. The Hall–Kier alpha value is -3.55. The van der Waals surface area contributed by atoms with Crippen molar-refractivity contribution >= 4 is 23.5 Å². The predicted octanol–water partition coefficient (Wildman–Crippen LogP) is 2.64. The number of rotatable bonds is 11. The first-order chi connectivity index (χ1) is 16.4. The highest BCUT2D eigenvalue weighted by molar-refractivity contribution is 5.93. The van der Waals surface area contributed by atoms with Gasteiger partial charge >= 0.3 is 5.97 Å². The summed E-state index contributed by atoms with van der Waals surface area (Å²) in [5, 5.41) is 5.80. The van der Waals surface area contributed by atoms with Crippen molar-refractivity contribution in [3.8, 4) is 5.75 Å². The molecule has 1 heterocycles. The first-order valence-corrected chi connectivity index (χ1v) is 11.7. The first kappa shape index (κ1) is 25.1. The number of carbonyl (C=O) groups is 3. The standard InChI is InChI=1S/C26H33N3O5/c1-19(2)18-34-25(31)16-23-26(32)27-13-14-29(23)24(30)17-28-21-8-10-22(11-9-21)33-15-12-20-6-4-3-5-7-20/h3-11,19,23,28H,12-18H2,1-2H3,(H,27,32). The number of benzene rings is 2. The fourth-order valence-electron chi connectivity index (χ4n) is 3.57. The summed E-state index contributed by atoms with van der Waals surface area (Å²) in [5.41, 5.74) is 1.98. The lowest BCUT2D eigenvalue weighted by molar-refractivity contribution is -0.152. The second-order valence-electron chi connectivity index (χ2n) is 8.64. The largest absolute Gasteiger partial charge is 0.493 e. The molecule has 0 aromatic heterocycles. The minimum absolute atomic E-state index is 0.0129. The molecule has 3 rings (SSSR count). The van der Waals surface area contributed by atoms with Gasteiger partial charge in [-0.05, 0) is 35.7 Å². The summed E-state index contributed by atoms with van der Waals surface area (Å²) in [6.07, 6.45) is 0.671. The molecule has 8 heteroatoms. The third-order valence-corrected chi connectivity index (χ3v) is 5.39. The zero-order valence-electron chi connectivity index (χ0n) is 19.8. The Bertz CT molecular complexity index is 947. The van der Waals surface area contributed by atoms with Gasteiger partial charge in [-0.25, -0.2) is 0 Å². The molecule has 0 spiro atoms. The van der Waals surface area contributed by atoms with E-state index in [1.165, 1.54) is 10.5 Å². The van der Waals surface area contributed by atoms with Crippen molar-refractivity contribution in [2.45, 2.75) is 32.7 Å². The first-order valence-electron chi connectivity index (χ1n) is 11.7. The van der Waals surface area contributed by atoms with Gasteiger partial charge in [-0.2, -0.15) is 0 Å². The van der Waals surface area contributed by atoms with Crippen molar-refractivity contribution in [3.05, 3.63) is 60.2 Å². The smallest absolute Gasteiger partial charge is 0.308 e. The van der Waals surface area contributed by atoms with Gasteiger partial charge in [0.05, 0.1) is 26.2 Å². The summed E-state index contributed by atoms with van der Waals surface area (Å²) in [4.78, 5) is 38.7. The van der Waals surface area contributed by atoms with Crippen LogP contribution in [-0.2, 0) is 25.5 Å². The Morgan fingerprint density at radius 3 is 2.56 bits per heavy atom. The number of piperazine rings is 1. The summed E-state index contributed by atoms with van der Waals surface area (Å²) in [6, 6.07) is 16.7. The van der Waals surface area contributed by atoms with Crippen molar-refractivity contribution < 1.29 is 23.9 Å². The highest BCUT2D eigenvalue weighted by atomic mass is 16.5. The molecule has 2 amide bonds. The van der Waals surface area contributed by atoms with E-state index in [2.05, 4.69) is 22.8 Å². The summed E-state index contributed by atoms with van der Waals surface area (Å²) in [5.74, 6) is -0.116. The molecule has 2 aromatic carbocycles. The third kappa shape index (κ3) is 7.79. The van der Waals surface area contributed by atoms with Crippen LogP contribution in [0.2, 0.25) is 0 Å². The lowest BCUT2D eigenvalue weighted by atomic mass is 10.1. The molecule has 1 saturated heterocycles. The molecule has 8 nitrogen and oxygen atoms in total. The molecule has 1 fully saturated rings. The molecule has 1 atom stereocenters. The summed E-state index contributed by atoms with van der Waals surface area (Å²) in [6.45, 7) is 5.46. The normalized spacial score (nSPS) is 15.6. The second kappa shape index (κ2) is 12.6. The molecule has 2 aromatic rings. The van der Waals surface area contributed by atoms with E-state index in [0.29, 0.717) is 19.7 Å². The van der Waals surface area contributed by atoms with Gasteiger partial charge in [0.1, 0.15) is 11.8 Å². The quantitative estimate of drug-likeness (QED) is 0.493. The Morgan fingerprint density at radius 2 is 1.85 bits per heavy atom. The Morgan fingerprint density at radius 1 is 1.12 bits per heavy atom. The van der Waals surface area contributed by atoms with E-state index in [1.54, 1.807) is 0 Å². The van der Waals surface area contributed by atoms with Crippen LogP contribution in [0.25, 0.3) is 0 Å². The van der Waals surface area contributed by atoms with E-state index < -0.39 is 12.0 Å². The number of hydrogen-bond acceptors (Lipinski definition) is 6. The van der Waals surface area contributed by atoms with Crippen molar-refractivity contribution in [1.82, 2.24) is 10.2 Å². The van der Waals surface area contributed by atoms with Gasteiger partial charge in [-0.1, -0.05) is 44.2 Å². The molecule has 0 aliphatic carbocycles. The molecule has 1 aliphatic rings. The summed E-state index contributed by atoms with van der Waals surface area (Å²) < 4.78 is 11.0. The monoisotopic (exact) mass is 467 g/mol. The SMILES string of the molecule is CC(C)COC(=O)CC1C(=O)NCCN1C(=O)CNc1ccc(OCCc2ccccc2)cc1. The fourth-order valence-corrected chi connectivity index (χ4v) is 3.57. The van der Waals surface area contributed by atoms with Crippen molar-refractivity contribution in [2.75, 3.05) is 38.2 Å². The molecular weight excluding hydrogens is 434 g/mol. The average Bonchev–Trinajstić information content (AvgIpc) is 2.84. The number of carbonyl (C=O) groups excluding carboxylic acids is 3. The molecule has 1 unspecified atom stereocenters. The van der Waals surface area contributed by atoms with Crippen LogP contribution in [0.3, 0.4) is 0 Å². The van der Waals surface area contributed by atoms with E-state index in [0.717, 1.165) is 17.9 Å². The van der Waals surface area contributed by atoms with E-state index in [9.17, 15) is 14.4 Å². The lowest BCUT2D eigenvalue weighted by Gasteiger charge is -2.34. The molecule has 0 radical (unpaired) electrons. The topological polar surface area (TPSA) is 97.0 Å². The number of ether oxygens (including phenoxy) is 2. The number of nitrogens with zero attached hydrogens (tertiary/aromatic N) is 1. The van der Waals surface area contributed by atoms with Crippen LogP contribution >= 0.6 is 0 Å². The molecule has 182 valence electrons. The minimum Gasteiger partial charge on any atom is -0.493 e. The van der Waals surface area contributed by atoms with Crippen LogP contribution < -0.4 is 15.4 Å². The fraction of sp³-hybridized carbons (Fsp3) is 0.423. The zero-order valence-corrected chi connectivity index (χ0v) is 19.8. The Balaban J connectivity index is 1.47. The van der Waals surface area contributed by atoms with E-state index in [1.807, 2.05) is 56.3 Å². The van der Waals surface area contributed by atoms with Gasteiger partial charge in [-0.15, -0.1) is 0 Å². The molecule has 34 heavy (non-hydrogen) atoms. The highest BCUT2D eigenvalue weighted by Crippen LogP contribution is 2.17. The van der Waals surface area contributed by atoms with Gasteiger partial charge in [0.2, 0.25) is 11.8 Å². The predicted molar refractivity (Wildman–Crippen MR) is 129 cm³/mol. The molecule has 0 saturated carbocycles. The van der Waals surface area contributed by atoms with Crippen LogP contribution in [0.15, 0.2) is 54.6 Å². The van der Waals surface area contributed by atoms with E-state index >= 15 is 0 Å². The van der Waals surface area contributed by atoms with Gasteiger partial charge in [0, 0.05) is 25.2 Å². The van der Waals surface area contributed by atoms with Crippen LogP contribution in [-0.4, -0.2) is 61.6 Å². The number of amides is 2. The number of esters is 1. The average molecular weight is 468 g/mol. The van der Waals surface area contributed by atoms with Gasteiger partial charge < -0.3 is 25.0 Å². The Labute approximate surface area is 200 Å². The van der Waals surface area contributed by atoms with Gasteiger partial charge in [0.25, 0.3) is 0 Å². The van der Waals surface area contributed by atoms with Crippen molar-refractivity contribution in [2.24, 2.45) is 5.92 Å².